The second-order valence-corrected chi connectivity index (χ2v) is 9.52. The van der Waals surface area contributed by atoms with Crippen molar-refractivity contribution in [2.75, 3.05) is 19.3 Å². The van der Waals surface area contributed by atoms with Gasteiger partial charge in [-0.2, -0.15) is 4.98 Å². The Kier molecular flexibility index (Phi) is 6.08. The molecule has 0 bridgehead atoms. The number of hydrogen-bond acceptors (Lipinski definition) is 8. The van der Waals surface area contributed by atoms with Crippen LogP contribution in [0.25, 0.3) is 11.5 Å². The molecule has 0 aliphatic carbocycles. The molecule has 10 heteroatoms. The molecule has 0 radical (unpaired) electrons. The SMILES string of the molecule is CS(=O)(=O)c1cccnc1C1CCN(C(=O)CCc2nc(-c3ccccn3)no2)CC1. The van der Waals surface area contributed by atoms with Crippen molar-refractivity contribution in [3.63, 3.8) is 0 Å². The number of pyridine rings is 2. The van der Waals surface area contributed by atoms with E-state index >= 15 is 0 Å². The third kappa shape index (κ3) is 4.96. The first-order chi connectivity index (χ1) is 14.9. The van der Waals surface area contributed by atoms with E-state index in [4.69, 9.17) is 4.52 Å². The number of piperidine rings is 1. The lowest BCUT2D eigenvalue weighted by Gasteiger charge is -2.32. The van der Waals surface area contributed by atoms with E-state index in [-0.39, 0.29) is 23.1 Å². The lowest BCUT2D eigenvalue weighted by atomic mass is 9.92. The van der Waals surface area contributed by atoms with E-state index in [1.165, 1.54) is 6.26 Å². The average molecular weight is 442 g/mol. The van der Waals surface area contributed by atoms with Crippen LogP contribution in [-0.4, -0.2) is 58.7 Å². The lowest BCUT2D eigenvalue weighted by molar-refractivity contribution is -0.132. The Labute approximate surface area is 180 Å². The number of sulfone groups is 1. The van der Waals surface area contributed by atoms with Crippen LogP contribution in [0.5, 0.6) is 0 Å². The van der Waals surface area contributed by atoms with Crippen molar-refractivity contribution in [3.8, 4) is 11.5 Å². The van der Waals surface area contributed by atoms with Gasteiger partial charge >= 0.3 is 0 Å². The monoisotopic (exact) mass is 441 g/mol. The zero-order valence-corrected chi connectivity index (χ0v) is 18.0. The number of carbonyl (C=O) groups is 1. The Balaban J connectivity index is 1.32. The number of carbonyl (C=O) groups excluding carboxylic acids is 1. The molecule has 1 amide bonds. The molecule has 0 saturated carbocycles. The van der Waals surface area contributed by atoms with Gasteiger partial charge in [-0.25, -0.2) is 8.42 Å². The summed E-state index contributed by atoms with van der Waals surface area (Å²) in [5.41, 5.74) is 1.22. The molecule has 31 heavy (non-hydrogen) atoms. The quantitative estimate of drug-likeness (QED) is 0.571. The fraction of sp³-hybridized carbons (Fsp3) is 0.381. The van der Waals surface area contributed by atoms with E-state index in [2.05, 4.69) is 20.1 Å². The van der Waals surface area contributed by atoms with Crippen LogP contribution in [0, 0.1) is 0 Å². The minimum atomic E-state index is -3.34. The van der Waals surface area contributed by atoms with Crippen molar-refractivity contribution in [1.29, 1.82) is 0 Å². The number of aromatic nitrogens is 4. The molecule has 4 rings (SSSR count). The molecular formula is C21H23N5O4S. The van der Waals surface area contributed by atoms with Gasteiger partial charge in [0.1, 0.15) is 5.69 Å². The molecular weight excluding hydrogens is 418 g/mol. The van der Waals surface area contributed by atoms with E-state index in [1.54, 1.807) is 35.5 Å². The average Bonchev–Trinajstić information content (AvgIpc) is 3.27. The van der Waals surface area contributed by atoms with Crippen molar-refractivity contribution >= 4 is 15.7 Å². The Bertz CT molecular complexity index is 1160. The predicted molar refractivity (Wildman–Crippen MR) is 112 cm³/mol. The maximum absolute atomic E-state index is 12.6. The normalized spacial score (nSPS) is 15.2. The van der Waals surface area contributed by atoms with Crippen LogP contribution < -0.4 is 0 Å². The van der Waals surface area contributed by atoms with Crippen LogP contribution in [-0.2, 0) is 21.1 Å². The largest absolute Gasteiger partial charge is 0.343 e. The maximum Gasteiger partial charge on any atom is 0.227 e. The lowest BCUT2D eigenvalue weighted by Crippen LogP contribution is -2.38. The Morgan fingerprint density at radius 1 is 1.13 bits per heavy atom. The van der Waals surface area contributed by atoms with E-state index < -0.39 is 9.84 Å². The molecule has 1 aliphatic rings. The minimum absolute atomic E-state index is 0.0143. The summed E-state index contributed by atoms with van der Waals surface area (Å²) in [5, 5.41) is 3.92. The van der Waals surface area contributed by atoms with Crippen molar-refractivity contribution in [3.05, 3.63) is 54.3 Å². The summed E-state index contributed by atoms with van der Waals surface area (Å²) < 4.78 is 29.3. The predicted octanol–water partition coefficient (Wildman–Crippen LogP) is 2.27. The molecule has 0 aromatic carbocycles. The van der Waals surface area contributed by atoms with E-state index in [0.29, 0.717) is 55.5 Å². The van der Waals surface area contributed by atoms with Gasteiger partial charge in [-0.15, -0.1) is 0 Å². The topological polar surface area (TPSA) is 119 Å². The molecule has 3 aromatic rings. The molecule has 0 atom stereocenters. The summed E-state index contributed by atoms with van der Waals surface area (Å²) in [6.45, 7) is 1.12. The number of hydrogen-bond donors (Lipinski definition) is 0. The van der Waals surface area contributed by atoms with Gasteiger partial charge in [0.05, 0.1) is 10.6 Å². The fourth-order valence-electron chi connectivity index (χ4n) is 3.75. The molecule has 4 heterocycles. The summed E-state index contributed by atoms with van der Waals surface area (Å²) in [5.74, 6) is 0.836. The van der Waals surface area contributed by atoms with Crippen molar-refractivity contribution in [1.82, 2.24) is 25.0 Å². The highest BCUT2D eigenvalue weighted by molar-refractivity contribution is 7.90. The zero-order chi connectivity index (χ0) is 21.8. The van der Waals surface area contributed by atoms with E-state index in [1.807, 2.05) is 12.1 Å². The second-order valence-electron chi connectivity index (χ2n) is 7.54. The highest BCUT2D eigenvalue weighted by Crippen LogP contribution is 2.31. The van der Waals surface area contributed by atoms with Gasteiger partial charge in [-0.1, -0.05) is 11.2 Å². The first-order valence-electron chi connectivity index (χ1n) is 10.1. The molecule has 9 nitrogen and oxygen atoms in total. The van der Waals surface area contributed by atoms with Gasteiger partial charge in [0.2, 0.25) is 17.6 Å². The molecule has 162 valence electrons. The van der Waals surface area contributed by atoms with Gasteiger partial charge in [-0.05, 0) is 37.1 Å². The molecule has 0 unspecified atom stereocenters. The number of nitrogens with zero attached hydrogens (tertiary/aromatic N) is 5. The summed E-state index contributed by atoms with van der Waals surface area (Å²) in [7, 11) is -3.34. The fourth-order valence-corrected chi connectivity index (χ4v) is 4.68. The molecule has 1 aliphatic heterocycles. The second kappa shape index (κ2) is 8.93. The standard InChI is InChI=1S/C21H23N5O4S/c1-31(28,29)17-6-4-12-23-20(17)15-9-13-26(14-10-15)19(27)8-7-18-24-21(25-30-18)16-5-2-3-11-22-16/h2-6,11-12,15H,7-10,13-14H2,1H3. The summed E-state index contributed by atoms with van der Waals surface area (Å²) >= 11 is 0. The minimum Gasteiger partial charge on any atom is -0.343 e. The van der Waals surface area contributed by atoms with Gasteiger partial charge in [0.15, 0.2) is 9.84 Å². The van der Waals surface area contributed by atoms with Crippen molar-refractivity contribution < 1.29 is 17.7 Å². The van der Waals surface area contributed by atoms with Crippen LogP contribution in [0.1, 0.15) is 36.8 Å². The summed E-state index contributed by atoms with van der Waals surface area (Å²) in [6.07, 6.45) is 6.45. The third-order valence-corrected chi connectivity index (χ3v) is 6.49. The van der Waals surface area contributed by atoms with Crippen LogP contribution in [0.15, 0.2) is 52.1 Å². The van der Waals surface area contributed by atoms with Gasteiger partial charge in [0.25, 0.3) is 0 Å². The Hall–Kier alpha value is -3.14. The zero-order valence-electron chi connectivity index (χ0n) is 17.1. The Morgan fingerprint density at radius 3 is 2.61 bits per heavy atom. The molecule has 1 saturated heterocycles. The summed E-state index contributed by atoms with van der Waals surface area (Å²) in [6, 6.07) is 8.67. The van der Waals surface area contributed by atoms with Gasteiger partial charge in [-0.3, -0.25) is 14.8 Å². The Morgan fingerprint density at radius 2 is 1.90 bits per heavy atom. The molecule has 3 aromatic heterocycles. The van der Waals surface area contributed by atoms with Crippen LogP contribution in [0.2, 0.25) is 0 Å². The highest BCUT2D eigenvalue weighted by atomic mass is 32.2. The number of likely N-dealkylation sites (tertiary alicyclic amines) is 1. The van der Waals surface area contributed by atoms with Crippen molar-refractivity contribution in [2.45, 2.75) is 36.5 Å². The maximum atomic E-state index is 12.6. The van der Waals surface area contributed by atoms with Crippen LogP contribution in [0.3, 0.4) is 0 Å². The van der Waals surface area contributed by atoms with E-state index in [0.717, 1.165) is 0 Å². The van der Waals surface area contributed by atoms with Gasteiger partial charge < -0.3 is 9.42 Å². The number of aryl methyl sites for hydroxylation is 1. The number of rotatable bonds is 6. The number of amides is 1. The molecule has 1 fully saturated rings. The van der Waals surface area contributed by atoms with Crippen LogP contribution >= 0.6 is 0 Å². The third-order valence-electron chi connectivity index (χ3n) is 5.35. The first-order valence-corrected chi connectivity index (χ1v) is 12.0. The highest BCUT2D eigenvalue weighted by Gasteiger charge is 2.28. The van der Waals surface area contributed by atoms with Crippen LogP contribution in [0.4, 0.5) is 0 Å². The molecule has 0 N–H and O–H groups in total. The van der Waals surface area contributed by atoms with Crippen molar-refractivity contribution in [2.24, 2.45) is 0 Å². The smallest absolute Gasteiger partial charge is 0.227 e. The van der Waals surface area contributed by atoms with E-state index in [9.17, 15) is 13.2 Å². The van der Waals surface area contributed by atoms with Gasteiger partial charge in [0, 0.05) is 50.5 Å². The summed E-state index contributed by atoms with van der Waals surface area (Å²) in [4.78, 5) is 27.5. The molecule has 0 spiro atoms. The first kappa shape index (κ1) is 21.1.